The lowest BCUT2D eigenvalue weighted by atomic mass is 10.00. The molecule has 0 unspecified atom stereocenters. The molecule has 2 aromatic rings. The van der Waals surface area contributed by atoms with Crippen molar-refractivity contribution in [1.29, 1.82) is 0 Å². The van der Waals surface area contributed by atoms with Gasteiger partial charge in [-0.3, -0.25) is 19.3 Å². The van der Waals surface area contributed by atoms with E-state index in [0.717, 1.165) is 32.1 Å². The summed E-state index contributed by atoms with van der Waals surface area (Å²) >= 11 is 9.92. The van der Waals surface area contributed by atoms with Gasteiger partial charge in [-0.25, -0.2) is 4.79 Å². The maximum atomic E-state index is 12.6. The Kier molecular flexibility index (Phi) is 12.4. The first kappa shape index (κ1) is 32.4. The average molecular weight is 716 g/mol. The first-order chi connectivity index (χ1) is 17.7. The number of halogens is 3. The van der Waals surface area contributed by atoms with Gasteiger partial charge in [0.15, 0.2) is 17.3 Å². The van der Waals surface area contributed by atoms with Crippen LogP contribution in [-0.4, -0.2) is 51.9 Å². The van der Waals surface area contributed by atoms with Crippen LogP contribution in [0.4, 0.5) is 4.79 Å². The number of aryl methyl sites for hydroxylation is 2. The molecule has 1 fully saturated rings. The second-order valence-electron chi connectivity index (χ2n) is 10.2. The summed E-state index contributed by atoms with van der Waals surface area (Å²) < 4.78 is 7.37. The molecular formula is C29H34Br3NO5. The standard InChI is InChI=1S/C20H26BrNO4.C9H8Br2O/c1-13-12-14(7-8-15(13)21)17(23)9-10-18(24)16-6-5-11-22(16)19(25)26-20(2,3)4;1-6-4-7(9(12)5-10)2-3-8(6)11/h7-8,12,16H,5-6,9-11H2,1-4H3;2-4H,5H2,1H3/t16-;/m0./s1. The number of rotatable bonds is 7. The average Bonchev–Trinajstić information content (AvgIpc) is 3.35. The normalized spacial score (nSPS) is 14.9. The molecule has 0 radical (unpaired) electrons. The van der Waals surface area contributed by atoms with Crippen LogP contribution in [0.2, 0.25) is 0 Å². The van der Waals surface area contributed by atoms with Crippen LogP contribution < -0.4 is 0 Å². The van der Waals surface area contributed by atoms with Crippen LogP contribution in [0.1, 0.15) is 78.3 Å². The van der Waals surface area contributed by atoms with Gasteiger partial charge in [0.25, 0.3) is 0 Å². The number of hydrogen-bond donors (Lipinski definition) is 0. The van der Waals surface area contributed by atoms with E-state index in [1.165, 1.54) is 4.90 Å². The van der Waals surface area contributed by atoms with E-state index < -0.39 is 17.7 Å². The zero-order valence-corrected chi connectivity index (χ0v) is 27.2. The fourth-order valence-corrected chi connectivity index (χ4v) is 4.72. The number of carbonyl (C=O) groups excluding carboxylic acids is 4. The summed E-state index contributed by atoms with van der Waals surface area (Å²) in [6, 6.07) is 10.5. The van der Waals surface area contributed by atoms with Gasteiger partial charge in [0.1, 0.15) is 5.60 Å². The van der Waals surface area contributed by atoms with Crippen molar-refractivity contribution in [1.82, 2.24) is 4.90 Å². The number of benzene rings is 2. The van der Waals surface area contributed by atoms with Gasteiger partial charge in [-0.1, -0.05) is 59.9 Å². The SMILES string of the molecule is Cc1cc(C(=O)CBr)ccc1Br.Cc1cc(C(=O)CCC(=O)[C@@H]2CCCN2C(=O)OC(C)(C)C)ccc1Br. The van der Waals surface area contributed by atoms with Crippen molar-refractivity contribution >= 4 is 71.2 Å². The Morgan fingerprint density at radius 2 is 1.42 bits per heavy atom. The molecule has 1 atom stereocenters. The van der Waals surface area contributed by atoms with Crippen LogP contribution in [0.3, 0.4) is 0 Å². The first-order valence-corrected chi connectivity index (χ1v) is 15.1. The predicted molar refractivity (Wildman–Crippen MR) is 160 cm³/mol. The lowest BCUT2D eigenvalue weighted by molar-refractivity contribution is -0.123. The highest BCUT2D eigenvalue weighted by atomic mass is 79.9. The Hall–Kier alpha value is -1.84. The van der Waals surface area contributed by atoms with E-state index >= 15 is 0 Å². The molecule has 0 aromatic heterocycles. The Labute approximate surface area is 250 Å². The van der Waals surface area contributed by atoms with Crippen molar-refractivity contribution in [3.8, 4) is 0 Å². The fourth-order valence-electron chi connectivity index (χ4n) is 3.90. The van der Waals surface area contributed by atoms with Crippen LogP contribution in [0, 0.1) is 13.8 Å². The van der Waals surface area contributed by atoms with Gasteiger partial charge in [0.2, 0.25) is 0 Å². The number of likely N-dealkylation sites (tertiary alicyclic amines) is 1. The Morgan fingerprint density at radius 1 is 0.895 bits per heavy atom. The molecule has 0 spiro atoms. The molecule has 0 saturated carbocycles. The molecule has 0 bridgehead atoms. The predicted octanol–water partition coefficient (Wildman–Crippen LogP) is 8.02. The second kappa shape index (κ2) is 14.5. The summed E-state index contributed by atoms with van der Waals surface area (Å²) in [5, 5.41) is 0.383. The molecule has 1 aliphatic rings. The quantitative estimate of drug-likeness (QED) is 0.214. The lowest BCUT2D eigenvalue weighted by Crippen LogP contribution is -2.43. The highest BCUT2D eigenvalue weighted by Crippen LogP contribution is 2.24. The van der Waals surface area contributed by atoms with Crippen molar-refractivity contribution in [2.24, 2.45) is 0 Å². The van der Waals surface area contributed by atoms with Crippen molar-refractivity contribution in [2.75, 3.05) is 11.9 Å². The van der Waals surface area contributed by atoms with Crippen LogP contribution >= 0.6 is 47.8 Å². The fraction of sp³-hybridized carbons (Fsp3) is 0.448. The van der Waals surface area contributed by atoms with E-state index in [0.29, 0.717) is 23.9 Å². The van der Waals surface area contributed by atoms with E-state index in [-0.39, 0.29) is 30.2 Å². The summed E-state index contributed by atoms with van der Waals surface area (Å²) in [4.78, 5) is 49.9. The minimum Gasteiger partial charge on any atom is -0.444 e. The molecule has 6 nitrogen and oxygen atoms in total. The molecule has 9 heteroatoms. The van der Waals surface area contributed by atoms with Gasteiger partial charge in [-0.2, -0.15) is 0 Å². The van der Waals surface area contributed by atoms with E-state index in [9.17, 15) is 19.2 Å². The zero-order chi connectivity index (χ0) is 28.6. The third kappa shape index (κ3) is 9.72. The molecule has 1 heterocycles. The van der Waals surface area contributed by atoms with Crippen molar-refractivity contribution in [3.05, 3.63) is 67.6 Å². The van der Waals surface area contributed by atoms with Gasteiger partial charge in [0, 0.05) is 39.5 Å². The molecule has 0 aliphatic carbocycles. The Morgan fingerprint density at radius 3 is 1.89 bits per heavy atom. The highest BCUT2D eigenvalue weighted by molar-refractivity contribution is 9.11. The van der Waals surface area contributed by atoms with E-state index in [1.54, 1.807) is 26.8 Å². The topological polar surface area (TPSA) is 80.8 Å². The number of amides is 1. The summed E-state index contributed by atoms with van der Waals surface area (Å²) in [6.45, 7) is 9.81. The van der Waals surface area contributed by atoms with Crippen molar-refractivity contribution in [3.63, 3.8) is 0 Å². The number of carbonyl (C=O) groups is 4. The second-order valence-corrected chi connectivity index (χ2v) is 12.5. The third-order valence-electron chi connectivity index (χ3n) is 5.93. The van der Waals surface area contributed by atoms with Crippen LogP contribution in [0.5, 0.6) is 0 Å². The monoisotopic (exact) mass is 713 g/mol. The zero-order valence-electron chi connectivity index (χ0n) is 22.4. The number of ether oxygens (including phenoxy) is 1. The molecule has 1 amide bonds. The molecule has 1 saturated heterocycles. The molecule has 206 valence electrons. The molecule has 38 heavy (non-hydrogen) atoms. The number of Topliss-reactive ketones (excluding diaryl/α,β-unsaturated/α-hetero) is 3. The van der Waals surface area contributed by atoms with Crippen molar-refractivity contribution < 1.29 is 23.9 Å². The molecule has 2 aromatic carbocycles. The Balaban J connectivity index is 0.000000352. The van der Waals surface area contributed by atoms with Crippen LogP contribution in [0.15, 0.2) is 45.3 Å². The minimum atomic E-state index is -0.595. The third-order valence-corrected chi connectivity index (χ3v) is 8.22. The van der Waals surface area contributed by atoms with Gasteiger partial charge >= 0.3 is 6.09 Å². The minimum absolute atomic E-state index is 0.0595. The molecular weight excluding hydrogens is 682 g/mol. The molecule has 0 N–H and O–H groups in total. The smallest absolute Gasteiger partial charge is 0.410 e. The van der Waals surface area contributed by atoms with Crippen LogP contribution in [0.25, 0.3) is 0 Å². The maximum absolute atomic E-state index is 12.6. The van der Waals surface area contributed by atoms with Crippen molar-refractivity contribution in [2.45, 2.75) is 71.9 Å². The van der Waals surface area contributed by atoms with E-state index in [1.807, 2.05) is 44.2 Å². The number of hydrogen-bond acceptors (Lipinski definition) is 5. The van der Waals surface area contributed by atoms with Gasteiger partial charge in [-0.15, -0.1) is 0 Å². The van der Waals surface area contributed by atoms with Gasteiger partial charge in [-0.05, 0) is 82.9 Å². The first-order valence-electron chi connectivity index (χ1n) is 12.4. The Bertz CT molecular complexity index is 1190. The summed E-state index contributed by atoms with van der Waals surface area (Å²) in [6.07, 6.45) is 1.23. The van der Waals surface area contributed by atoms with Gasteiger partial charge < -0.3 is 4.74 Å². The molecule has 1 aliphatic heterocycles. The summed E-state index contributed by atoms with van der Waals surface area (Å²) in [5.41, 5.74) is 2.83. The van der Waals surface area contributed by atoms with Crippen LogP contribution in [-0.2, 0) is 9.53 Å². The highest BCUT2D eigenvalue weighted by Gasteiger charge is 2.36. The summed E-state index contributed by atoms with van der Waals surface area (Å²) in [5.74, 6) is -0.0168. The number of nitrogens with zero attached hydrogens (tertiary/aromatic N) is 1. The largest absolute Gasteiger partial charge is 0.444 e. The summed E-state index contributed by atoms with van der Waals surface area (Å²) in [7, 11) is 0. The maximum Gasteiger partial charge on any atom is 0.410 e. The number of alkyl halides is 1. The number of ketones is 3. The van der Waals surface area contributed by atoms with E-state index in [4.69, 9.17) is 4.74 Å². The van der Waals surface area contributed by atoms with E-state index in [2.05, 4.69) is 47.8 Å². The van der Waals surface area contributed by atoms with Gasteiger partial charge in [0.05, 0.1) is 11.4 Å². The lowest BCUT2D eigenvalue weighted by Gasteiger charge is -2.28. The molecule has 3 rings (SSSR count).